The van der Waals surface area contributed by atoms with Gasteiger partial charge in [0.15, 0.2) is 0 Å². The maximum absolute atomic E-state index is 11.4. The third kappa shape index (κ3) is 4.27. The molecular formula is C18H24OSi2. The number of allylic oxidation sites excluding steroid dienone is 1. The average molecular weight is 313 g/mol. The van der Waals surface area contributed by atoms with Crippen LogP contribution in [0.25, 0.3) is 0 Å². The summed E-state index contributed by atoms with van der Waals surface area (Å²) in [6.45, 7) is 7.05. The highest BCUT2D eigenvalue weighted by atomic mass is 28.4. The van der Waals surface area contributed by atoms with Crippen LogP contribution in [-0.2, 0) is 0 Å². The molecule has 1 N–H and O–H groups in total. The highest BCUT2D eigenvalue weighted by Gasteiger charge is 2.32. The first-order chi connectivity index (χ1) is 9.92. The Morgan fingerprint density at radius 2 is 1.24 bits per heavy atom. The Hall–Kier alpha value is -1.43. The van der Waals surface area contributed by atoms with Crippen molar-refractivity contribution in [1.82, 2.24) is 0 Å². The maximum atomic E-state index is 11.4. The van der Waals surface area contributed by atoms with Gasteiger partial charge in [0.1, 0.15) is 0 Å². The summed E-state index contributed by atoms with van der Waals surface area (Å²) < 4.78 is 0. The van der Waals surface area contributed by atoms with Crippen LogP contribution in [0.1, 0.15) is 0 Å². The molecule has 0 fully saturated rings. The predicted molar refractivity (Wildman–Crippen MR) is 97.4 cm³/mol. The predicted octanol–water partition coefficient (Wildman–Crippen LogP) is 3.17. The van der Waals surface area contributed by atoms with Crippen LogP contribution < -0.4 is 10.4 Å². The fourth-order valence-corrected chi connectivity index (χ4v) is 5.97. The van der Waals surface area contributed by atoms with E-state index in [2.05, 4.69) is 31.4 Å². The summed E-state index contributed by atoms with van der Waals surface area (Å²) in [6, 6.07) is 21.3. The first kappa shape index (κ1) is 16.0. The molecule has 0 heterocycles. The number of benzene rings is 2. The fourth-order valence-electron chi connectivity index (χ4n) is 2.33. The highest BCUT2D eigenvalue weighted by molar-refractivity contribution is 7.00. The van der Waals surface area contributed by atoms with E-state index < -0.39 is 16.4 Å². The Morgan fingerprint density at radius 1 is 0.810 bits per heavy atom. The standard InChI is InChI=1S/C18H24OSi2/c1-20(2,3)15-10-16-21(19,17-11-6-4-7-12-17)18-13-8-5-9-14-18/h4-14,16,19H,15H2,1-3H3/b16-10+. The van der Waals surface area contributed by atoms with Gasteiger partial charge in [-0.05, 0) is 16.4 Å². The molecule has 0 saturated carbocycles. The molecule has 0 bridgehead atoms. The van der Waals surface area contributed by atoms with Crippen LogP contribution in [0.5, 0.6) is 0 Å². The minimum Gasteiger partial charge on any atom is -0.421 e. The van der Waals surface area contributed by atoms with E-state index in [1.165, 1.54) is 0 Å². The van der Waals surface area contributed by atoms with Crippen LogP contribution in [-0.4, -0.2) is 21.2 Å². The summed E-state index contributed by atoms with van der Waals surface area (Å²) in [5.74, 6) is 0. The van der Waals surface area contributed by atoms with Gasteiger partial charge in [0.2, 0.25) is 0 Å². The molecule has 0 aliphatic heterocycles. The summed E-state index contributed by atoms with van der Waals surface area (Å²) in [7, 11) is -3.89. The summed E-state index contributed by atoms with van der Waals surface area (Å²) in [4.78, 5) is 11.4. The third-order valence-electron chi connectivity index (χ3n) is 3.52. The molecule has 0 radical (unpaired) electrons. The van der Waals surface area contributed by atoms with Crippen LogP contribution >= 0.6 is 0 Å². The molecule has 2 aromatic rings. The van der Waals surface area contributed by atoms with Crippen molar-refractivity contribution >= 4 is 26.8 Å². The molecule has 0 amide bonds. The van der Waals surface area contributed by atoms with Gasteiger partial charge in [-0.1, -0.05) is 92.1 Å². The molecule has 0 aliphatic carbocycles. The van der Waals surface area contributed by atoms with Crippen molar-refractivity contribution in [2.75, 3.05) is 0 Å². The lowest BCUT2D eigenvalue weighted by Gasteiger charge is -2.23. The zero-order valence-corrected chi connectivity index (χ0v) is 15.1. The van der Waals surface area contributed by atoms with E-state index in [0.29, 0.717) is 0 Å². The van der Waals surface area contributed by atoms with E-state index in [1.54, 1.807) is 0 Å². The molecule has 2 aromatic carbocycles. The lowest BCUT2D eigenvalue weighted by molar-refractivity contribution is 0.582. The first-order valence-corrected chi connectivity index (χ1v) is 13.2. The van der Waals surface area contributed by atoms with E-state index in [9.17, 15) is 4.80 Å². The molecular weight excluding hydrogens is 288 g/mol. The molecule has 0 aromatic heterocycles. The van der Waals surface area contributed by atoms with Crippen LogP contribution in [0.2, 0.25) is 25.7 Å². The van der Waals surface area contributed by atoms with Crippen molar-refractivity contribution in [3.8, 4) is 0 Å². The van der Waals surface area contributed by atoms with Gasteiger partial charge < -0.3 is 4.80 Å². The summed E-state index contributed by atoms with van der Waals surface area (Å²) in [5.41, 5.74) is 2.09. The van der Waals surface area contributed by atoms with Crippen molar-refractivity contribution in [3.63, 3.8) is 0 Å². The van der Waals surface area contributed by atoms with Crippen LogP contribution in [0.15, 0.2) is 72.4 Å². The van der Waals surface area contributed by atoms with E-state index in [0.717, 1.165) is 16.4 Å². The number of hydrogen-bond acceptors (Lipinski definition) is 1. The van der Waals surface area contributed by atoms with E-state index in [4.69, 9.17) is 0 Å². The Kier molecular flexibility index (Phi) is 4.98. The number of rotatable bonds is 5. The monoisotopic (exact) mass is 312 g/mol. The third-order valence-corrected chi connectivity index (χ3v) is 8.12. The molecule has 0 spiro atoms. The molecule has 0 aliphatic rings. The van der Waals surface area contributed by atoms with Crippen molar-refractivity contribution in [3.05, 3.63) is 72.4 Å². The van der Waals surface area contributed by atoms with Gasteiger partial charge in [0, 0.05) is 8.07 Å². The minimum atomic E-state index is -2.76. The van der Waals surface area contributed by atoms with E-state index >= 15 is 0 Å². The van der Waals surface area contributed by atoms with Crippen molar-refractivity contribution in [1.29, 1.82) is 0 Å². The Morgan fingerprint density at radius 3 is 1.62 bits per heavy atom. The molecule has 0 saturated heterocycles. The van der Waals surface area contributed by atoms with Gasteiger partial charge in [-0.2, -0.15) is 0 Å². The second kappa shape index (κ2) is 6.56. The van der Waals surface area contributed by atoms with Crippen LogP contribution in [0.3, 0.4) is 0 Å². The SMILES string of the molecule is C[Si](C)(C)C/C=C/[Si](O)(c1ccccc1)c1ccccc1. The van der Waals surface area contributed by atoms with Crippen LogP contribution in [0.4, 0.5) is 0 Å². The normalized spacial score (nSPS) is 12.8. The lowest BCUT2D eigenvalue weighted by atomic mass is 10.4. The Balaban J connectivity index is 2.41. The Bertz CT molecular complexity index is 546. The zero-order valence-electron chi connectivity index (χ0n) is 13.1. The summed E-state index contributed by atoms with van der Waals surface area (Å²) in [5, 5.41) is 2.09. The molecule has 21 heavy (non-hydrogen) atoms. The van der Waals surface area contributed by atoms with Gasteiger partial charge in [0.25, 0.3) is 8.32 Å². The largest absolute Gasteiger partial charge is 0.421 e. The first-order valence-electron chi connectivity index (χ1n) is 7.43. The second-order valence-electron chi connectivity index (χ2n) is 6.67. The van der Waals surface area contributed by atoms with Gasteiger partial charge >= 0.3 is 0 Å². The van der Waals surface area contributed by atoms with Gasteiger partial charge in [-0.25, -0.2) is 0 Å². The summed E-state index contributed by atoms with van der Waals surface area (Å²) >= 11 is 0. The quantitative estimate of drug-likeness (QED) is 0.841. The average Bonchev–Trinajstić information content (AvgIpc) is 2.47. The van der Waals surface area contributed by atoms with E-state index in [-0.39, 0.29) is 0 Å². The zero-order chi connectivity index (χ0) is 15.3. The Labute approximate surface area is 130 Å². The summed E-state index contributed by atoms with van der Waals surface area (Å²) in [6.07, 6.45) is 2.21. The number of hydrogen-bond donors (Lipinski definition) is 1. The molecule has 3 heteroatoms. The molecule has 110 valence electrons. The molecule has 0 unspecified atom stereocenters. The van der Waals surface area contributed by atoms with Gasteiger partial charge in [0.05, 0.1) is 0 Å². The highest BCUT2D eigenvalue weighted by Crippen LogP contribution is 2.11. The second-order valence-corrected chi connectivity index (χ2v) is 15.2. The molecule has 1 nitrogen and oxygen atoms in total. The van der Waals surface area contributed by atoms with Gasteiger partial charge in [-0.3, -0.25) is 0 Å². The molecule has 0 atom stereocenters. The fraction of sp³-hybridized carbons (Fsp3) is 0.222. The molecule has 2 rings (SSSR count). The van der Waals surface area contributed by atoms with E-state index in [1.807, 2.05) is 60.7 Å². The topological polar surface area (TPSA) is 20.2 Å². The minimum absolute atomic E-state index is 1.04. The van der Waals surface area contributed by atoms with Crippen LogP contribution in [0, 0.1) is 0 Å². The smallest absolute Gasteiger partial charge is 0.277 e. The maximum Gasteiger partial charge on any atom is 0.277 e. The van der Waals surface area contributed by atoms with Gasteiger partial charge in [-0.15, -0.1) is 0 Å². The van der Waals surface area contributed by atoms with Crippen molar-refractivity contribution < 1.29 is 4.80 Å². The lowest BCUT2D eigenvalue weighted by Crippen LogP contribution is -2.57. The van der Waals surface area contributed by atoms with Crippen molar-refractivity contribution in [2.45, 2.75) is 25.7 Å². The van der Waals surface area contributed by atoms with Crippen molar-refractivity contribution in [2.24, 2.45) is 0 Å².